The molecule has 1 atom stereocenters. The smallest absolute Gasteiger partial charge is 0.189 e. The molecule has 0 aromatic heterocycles. The van der Waals surface area contributed by atoms with E-state index < -0.39 is 0 Å². The molecule has 2 nitrogen and oxygen atoms in total. The summed E-state index contributed by atoms with van der Waals surface area (Å²) in [5.41, 5.74) is 0. The quantitative estimate of drug-likeness (QED) is 0.559. The van der Waals surface area contributed by atoms with E-state index in [0.29, 0.717) is 6.79 Å². The van der Waals surface area contributed by atoms with Crippen LogP contribution in [0.4, 0.5) is 0 Å². The van der Waals surface area contributed by atoms with Crippen LogP contribution in [-0.2, 0) is 9.47 Å². The van der Waals surface area contributed by atoms with Crippen LogP contribution in [0.1, 0.15) is 12.8 Å². The molecular formula is C8H10O2S. The number of hydrogen-bond acceptors (Lipinski definition) is 3. The summed E-state index contributed by atoms with van der Waals surface area (Å²) >= 11 is 4.28. The van der Waals surface area contributed by atoms with Crippen LogP contribution in [0.2, 0.25) is 0 Å². The maximum Gasteiger partial charge on any atom is 0.189 e. The van der Waals surface area contributed by atoms with Crippen molar-refractivity contribution in [3.05, 3.63) is 22.8 Å². The van der Waals surface area contributed by atoms with Crippen LogP contribution < -0.4 is 0 Å². The molecule has 1 saturated heterocycles. The molecule has 0 aromatic rings. The highest BCUT2D eigenvalue weighted by Gasteiger charge is 2.23. The van der Waals surface area contributed by atoms with Gasteiger partial charge in [-0.15, -0.1) is 12.6 Å². The van der Waals surface area contributed by atoms with Gasteiger partial charge in [0.15, 0.2) is 6.79 Å². The van der Waals surface area contributed by atoms with Crippen molar-refractivity contribution < 1.29 is 9.47 Å². The molecule has 0 saturated carbocycles. The molecule has 2 rings (SSSR count). The molecule has 1 unspecified atom stereocenters. The summed E-state index contributed by atoms with van der Waals surface area (Å²) in [6.07, 6.45) is 6.08. The molecule has 0 amide bonds. The molecule has 1 heterocycles. The number of rotatable bonds is 0. The van der Waals surface area contributed by atoms with Crippen LogP contribution in [0.5, 0.6) is 0 Å². The van der Waals surface area contributed by atoms with Crippen molar-refractivity contribution in [3.63, 3.8) is 0 Å². The maximum atomic E-state index is 5.33. The Bertz CT molecular complexity index is 220. The average Bonchev–Trinajstić information content (AvgIpc) is 2.38. The van der Waals surface area contributed by atoms with Crippen molar-refractivity contribution in [2.45, 2.75) is 18.9 Å². The normalized spacial score (nSPS) is 29.7. The SMILES string of the molecule is SC1=CC=C2OCOC2CC1. The topological polar surface area (TPSA) is 18.5 Å². The summed E-state index contributed by atoms with van der Waals surface area (Å²) in [4.78, 5) is 1.10. The number of hydrogen-bond donors (Lipinski definition) is 1. The second-order valence-corrected chi connectivity index (χ2v) is 3.26. The Balaban J connectivity index is 2.19. The van der Waals surface area contributed by atoms with Gasteiger partial charge in [0.2, 0.25) is 0 Å². The zero-order valence-corrected chi connectivity index (χ0v) is 7.01. The first-order chi connectivity index (χ1) is 5.36. The maximum absolute atomic E-state index is 5.33. The summed E-state index contributed by atoms with van der Waals surface area (Å²) in [5.74, 6) is 0.953. The van der Waals surface area contributed by atoms with E-state index in [4.69, 9.17) is 9.47 Å². The van der Waals surface area contributed by atoms with Crippen LogP contribution >= 0.6 is 12.6 Å². The van der Waals surface area contributed by atoms with Gasteiger partial charge in [-0.25, -0.2) is 0 Å². The zero-order valence-electron chi connectivity index (χ0n) is 6.12. The average molecular weight is 170 g/mol. The molecule has 0 radical (unpaired) electrons. The van der Waals surface area contributed by atoms with Crippen LogP contribution in [0, 0.1) is 0 Å². The molecule has 1 fully saturated rings. The summed E-state index contributed by atoms with van der Waals surface area (Å²) < 4.78 is 10.6. The van der Waals surface area contributed by atoms with E-state index in [9.17, 15) is 0 Å². The van der Waals surface area contributed by atoms with Gasteiger partial charge >= 0.3 is 0 Å². The van der Waals surface area contributed by atoms with Crippen molar-refractivity contribution in [2.24, 2.45) is 0 Å². The van der Waals surface area contributed by atoms with Gasteiger partial charge in [-0.05, 0) is 29.9 Å². The highest BCUT2D eigenvalue weighted by molar-refractivity contribution is 7.84. The number of allylic oxidation sites excluding steroid dienone is 3. The van der Waals surface area contributed by atoms with E-state index in [1.807, 2.05) is 12.2 Å². The first kappa shape index (κ1) is 7.25. The lowest BCUT2D eigenvalue weighted by molar-refractivity contribution is 0.0472. The van der Waals surface area contributed by atoms with Crippen LogP contribution in [0.15, 0.2) is 22.8 Å². The summed E-state index contributed by atoms with van der Waals surface area (Å²) in [6, 6.07) is 0. The number of fused-ring (bicyclic) bond motifs is 1. The van der Waals surface area contributed by atoms with Crippen molar-refractivity contribution in [1.29, 1.82) is 0 Å². The molecule has 2 aliphatic rings. The zero-order chi connectivity index (χ0) is 7.68. The summed E-state index contributed by atoms with van der Waals surface area (Å²) in [5, 5.41) is 0. The Morgan fingerprint density at radius 3 is 3.27 bits per heavy atom. The first-order valence-corrected chi connectivity index (χ1v) is 4.15. The molecule has 3 heteroatoms. The molecule has 60 valence electrons. The summed E-state index contributed by atoms with van der Waals surface area (Å²) in [7, 11) is 0. The van der Waals surface area contributed by atoms with Crippen molar-refractivity contribution in [2.75, 3.05) is 6.79 Å². The van der Waals surface area contributed by atoms with Crippen LogP contribution in [0.25, 0.3) is 0 Å². The third-order valence-electron chi connectivity index (χ3n) is 1.91. The lowest BCUT2D eigenvalue weighted by Crippen LogP contribution is -2.05. The van der Waals surface area contributed by atoms with Crippen molar-refractivity contribution in [1.82, 2.24) is 0 Å². The Kier molecular flexibility index (Phi) is 1.92. The van der Waals surface area contributed by atoms with Gasteiger partial charge in [-0.1, -0.05) is 0 Å². The van der Waals surface area contributed by atoms with Gasteiger partial charge in [0, 0.05) is 0 Å². The van der Waals surface area contributed by atoms with E-state index in [2.05, 4.69) is 12.6 Å². The fraction of sp³-hybridized carbons (Fsp3) is 0.500. The number of ether oxygens (including phenoxy) is 2. The first-order valence-electron chi connectivity index (χ1n) is 3.70. The fourth-order valence-corrected chi connectivity index (χ4v) is 1.48. The molecule has 0 N–H and O–H groups in total. The third-order valence-corrected chi connectivity index (χ3v) is 2.29. The molecule has 1 aliphatic heterocycles. The molecule has 0 aromatic carbocycles. The second kappa shape index (κ2) is 2.91. The largest absolute Gasteiger partial charge is 0.469 e. The van der Waals surface area contributed by atoms with Gasteiger partial charge in [0.25, 0.3) is 0 Å². The van der Waals surface area contributed by atoms with E-state index in [1.165, 1.54) is 0 Å². The van der Waals surface area contributed by atoms with Gasteiger partial charge in [0.1, 0.15) is 11.9 Å². The Morgan fingerprint density at radius 2 is 2.36 bits per heavy atom. The minimum absolute atomic E-state index is 0.177. The molecule has 1 aliphatic carbocycles. The molecular weight excluding hydrogens is 160 g/mol. The monoisotopic (exact) mass is 170 g/mol. The second-order valence-electron chi connectivity index (χ2n) is 2.68. The van der Waals surface area contributed by atoms with Crippen molar-refractivity contribution in [3.8, 4) is 0 Å². The molecule has 0 spiro atoms. The third kappa shape index (κ3) is 1.44. The minimum Gasteiger partial charge on any atom is -0.469 e. The standard InChI is InChI=1S/C8H10O2S/c11-6-1-3-7-8(4-2-6)10-5-9-7/h1,3,8,11H,2,4-5H2. The predicted molar refractivity (Wildman–Crippen MR) is 45.2 cm³/mol. The highest BCUT2D eigenvalue weighted by atomic mass is 32.1. The Labute approximate surface area is 71.3 Å². The molecule has 0 bridgehead atoms. The lowest BCUT2D eigenvalue weighted by Gasteiger charge is -2.04. The fourth-order valence-electron chi connectivity index (χ4n) is 1.28. The minimum atomic E-state index is 0.177. The van der Waals surface area contributed by atoms with E-state index in [1.54, 1.807) is 0 Å². The van der Waals surface area contributed by atoms with Crippen LogP contribution in [-0.4, -0.2) is 12.9 Å². The van der Waals surface area contributed by atoms with E-state index in [-0.39, 0.29) is 6.10 Å². The van der Waals surface area contributed by atoms with E-state index >= 15 is 0 Å². The molecule has 11 heavy (non-hydrogen) atoms. The van der Waals surface area contributed by atoms with Crippen LogP contribution in [0.3, 0.4) is 0 Å². The lowest BCUT2D eigenvalue weighted by atomic mass is 10.2. The Hall–Kier alpha value is -0.410. The Morgan fingerprint density at radius 1 is 1.45 bits per heavy atom. The summed E-state index contributed by atoms with van der Waals surface area (Å²) in [6.45, 7) is 0.409. The predicted octanol–water partition coefficient (Wildman–Crippen LogP) is 1.85. The number of thiol groups is 1. The van der Waals surface area contributed by atoms with Gasteiger partial charge < -0.3 is 9.47 Å². The van der Waals surface area contributed by atoms with Gasteiger partial charge in [-0.3, -0.25) is 0 Å². The van der Waals surface area contributed by atoms with Gasteiger partial charge in [-0.2, -0.15) is 0 Å². The van der Waals surface area contributed by atoms with Gasteiger partial charge in [0.05, 0.1) is 0 Å². The van der Waals surface area contributed by atoms with Crippen molar-refractivity contribution >= 4 is 12.6 Å². The van der Waals surface area contributed by atoms with E-state index in [0.717, 1.165) is 23.5 Å². The highest BCUT2D eigenvalue weighted by Crippen LogP contribution is 2.27.